The first kappa shape index (κ1) is 22.3. The molecule has 0 saturated carbocycles. The fourth-order valence-corrected chi connectivity index (χ4v) is 2.60. The molecular weight excluding hydrogens is 433 g/mol. The fourth-order valence-electron chi connectivity index (χ4n) is 2.60. The topological polar surface area (TPSA) is 37.6 Å². The predicted molar refractivity (Wildman–Crippen MR) is 118 cm³/mol. The van der Waals surface area contributed by atoms with Crippen molar-refractivity contribution in [3.8, 4) is 0 Å². The number of halogens is 2. The summed E-state index contributed by atoms with van der Waals surface area (Å²) in [4.78, 5) is 13.7. The Morgan fingerprint density at radius 2 is 1.21 bits per heavy atom. The maximum absolute atomic E-state index is 4.76. The van der Waals surface area contributed by atoms with Crippen LogP contribution in [0.3, 0.4) is 0 Å². The summed E-state index contributed by atoms with van der Waals surface area (Å²) in [6, 6.07) is 20.1. The van der Waals surface area contributed by atoms with E-state index in [4.69, 9.17) is 20.2 Å². The fraction of sp³-hybridized carbons (Fsp3) is 0.136. The Morgan fingerprint density at radius 1 is 0.714 bits per heavy atom. The molecule has 0 atom stereocenters. The molecule has 1 aromatic heterocycles. The van der Waals surface area contributed by atoms with Gasteiger partial charge < -0.3 is 0 Å². The van der Waals surface area contributed by atoms with Crippen molar-refractivity contribution < 1.29 is 13.1 Å². The number of rotatable bonds is 4. The van der Waals surface area contributed by atoms with Crippen molar-refractivity contribution in [2.45, 2.75) is 20.8 Å². The second-order valence-corrected chi connectivity index (χ2v) is 7.90. The number of hydrogen-bond donors (Lipinski definition) is 0. The number of para-hydroxylation sites is 2. The van der Waals surface area contributed by atoms with Crippen molar-refractivity contribution in [1.82, 2.24) is 4.98 Å². The molecule has 0 aliphatic rings. The molecule has 3 aromatic rings. The first-order valence-electron chi connectivity index (χ1n) is 8.57. The Hall–Kier alpha value is -1.97. The minimum absolute atomic E-state index is 0.194. The van der Waals surface area contributed by atoms with Gasteiger partial charge in [0, 0.05) is 0 Å². The van der Waals surface area contributed by atoms with E-state index < -0.39 is 0 Å². The average molecular weight is 454 g/mol. The van der Waals surface area contributed by atoms with Gasteiger partial charge in [0.1, 0.15) is 0 Å². The maximum atomic E-state index is 4.76. The molecule has 0 unspecified atom stereocenters. The molecule has 0 N–H and O–H groups in total. The molecule has 0 bridgehead atoms. The van der Waals surface area contributed by atoms with Gasteiger partial charge in [0.15, 0.2) is 0 Å². The third-order valence-corrected chi connectivity index (χ3v) is 4.01. The number of aryl methyl sites for hydroxylation is 3. The molecule has 0 radical (unpaired) electrons. The second-order valence-electron chi connectivity index (χ2n) is 6.08. The van der Waals surface area contributed by atoms with Crippen molar-refractivity contribution in [3.63, 3.8) is 0 Å². The zero-order chi connectivity index (χ0) is 20.4. The molecule has 3 rings (SSSR count). The molecule has 28 heavy (non-hydrogen) atoms. The van der Waals surface area contributed by atoms with E-state index in [0.717, 1.165) is 39.5 Å². The predicted octanol–water partition coefficient (Wildman–Crippen LogP) is 6.88. The van der Waals surface area contributed by atoms with E-state index in [2.05, 4.69) is 40.9 Å². The van der Waals surface area contributed by atoms with Crippen molar-refractivity contribution in [2.75, 3.05) is 0 Å². The van der Waals surface area contributed by atoms with Crippen LogP contribution in [0.4, 0.5) is 11.4 Å². The number of aromatic nitrogens is 1. The summed E-state index contributed by atoms with van der Waals surface area (Å²) < 4.78 is 0. The molecule has 6 heteroatoms. The van der Waals surface area contributed by atoms with Gasteiger partial charge in [-0.1, -0.05) is 42.5 Å². The second kappa shape index (κ2) is 11.8. The van der Waals surface area contributed by atoms with E-state index in [1.807, 2.05) is 55.5 Å². The Bertz CT molecular complexity index is 951. The summed E-state index contributed by atoms with van der Waals surface area (Å²) in [5.41, 5.74) is 7.06. The van der Waals surface area contributed by atoms with E-state index in [9.17, 15) is 0 Å². The molecular formula is C22H21Cl2FeN3. The normalized spacial score (nSPS) is 11.0. The molecule has 0 saturated heterocycles. The number of nitrogens with zero attached hydrogens (tertiary/aromatic N) is 3. The quantitative estimate of drug-likeness (QED) is 0.313. The van der Waals surface area contributed by atoms with Gasteiger partial charge in [0.05, 0.1) is 35.2 Å². The summed E-state index contributed by atoms with van der Waals surface area (Å²) in [5, 5.41) is 0. The number of benzene rings is 2. The molecule has 0 aliphatic carbocycles. The van der Waals surface area contributed by atoms with Gasteiger partial charge in [-0.05, 0) is 55.7 Å². The van der Waals surface area contributed by atoms with Crippen LogP contribution in [0.5, 0.6) is 0 Å². The molecule has 146 valence electrons. The van der Waals surface area contributed by atoms with Crippen LogP contribution >= 0.6 is 20.2 Å². The molecule has 0 spiro atoms. The average Bonchev–Trinajstić information content (AvgIpc) is 2.68. The van der Waals surface area contributed by atoms with E-state index >= 15 is 0 Å². The summed E-state index contributed by atoms with van der Waals surface area (Å²) in [6.45, 7) is 6.18. The number of aliphatic imine (C=N–C) groups is 2. The van der Waals surface area contributed by atoms with Crippen LogP contribution < -0.4 is 0 Å². The van der Waals surface area contributed by atoms with Gasteiger partial charge in [-0.2, -0.15) is 0 Å². The van der Waals surface area contributed by atoms with Crippen molar-refractivity contribution >= 4 is 44.0 Å². The van der Waals surface area contributed by atoms with Gasteiger partial charge in [0.2, 0.25) is 0 Å². The van der Waals surface area contributed by atoms with Gasteiger partial charge >= 0.3 is 33.3 Å². The monoisotopic (exact) mass is 453 g/mol. The van der Waals surface area contributed by atoms with E-state index in [0.29, 0.717) is 0 Å². The molecule has 1 heterocycles. The Morgan fingerprint density at radius 3 is 1.82 bits per heavy atom. The van der Waals surface area contributed by atoms with Gasteiger partial charge in [-0.25, -0.2) is 4.98 Å². The first-order valence-corrected chi connectivity index (χ1v) is 11.6. The van der Waals surface area contributed by atoms with Gasteiger partial charge in [-0.15, -0.1) is 0 Å². The third-order valence-electron chi connectivity index (χ3n) is 4.01. The van der Waals surface area contributed by atoms with Crippen LogP contribution in [0, 0.1) is 20.8 Å². The molecule has 0 aliphatic heterocycles. The summed E-state index contributed by atoms with van der Waals surface area (Å²) in [6.07, 6.45) is 3.60. The minimum atomic E-state index is 0.194. The van der Waals surface area contributed by atoms with Crippen LogP contribution in [-0.2, 0) is 13.1 Å². The molecule has 0 amide bonds. The molecule has 3 nitrogen and oxygen atoms in total. The SMILES string of the molecule is Cc1ccccc1N=Cc1cccc(C=Nc2c(C)cccc2C)n1.[Cl][Fe][Cl]. The van der Waals surface area contributed by atoms with E-state index in [1.54, 1.807) is 12.4 Å². The Balaban J connectivity index is 0.000000878. The van der Waals surface area contributed by atoms with Gasteiger partial charge in [-0.3, -0.25) is 9.98 Å². The van der Waals surface area contributed by atoms with Crippen LogP contribution in [0.1, 0.15) is 28.1 Å². The van der Waals surface area contributed by atoms with Crippen LogP contribution in [0.2, 0.25) is 0 Å². The van der Waals surface area contributed by atoms with Crippen molar-refractivity contribution in [1.29, 1.82) is 0 Å². The standard InChI is InChI=1S/C22H21N3.2ClH.Fe/c1-16-8-4-5-13-21(16)23-14-19-11-7-12-20(25-19)15-24-22-17(2)9-6-10-18(22)3;;;/h4-15H,1-3H3;2*1H;/q;;;+2/p-2. The van der Waals surface area contributed by atoms with Crippen LogP contribution in [0.25, 0.3) is 0 Å². The summed E-state index contributed by atoms with van der Waals surface area (Å²) in [7, 11) is 9.53. The van der Waals surface area contributed by atoms with E-state index in [1.165, 1.54) is 0 Å². The zero-order valence-corrected chi connectivity index (χ0v) is 18.5. The van der Waals surface area contributed by atoms with Crippen molar-refractivity contribution in [3.05, 3.63) is 88.7 Å². The summed E-state index contributed by atoms with van der Waals surface area (Å²) in [5.74, 6) is 0. The summed E-state index contributed by atoms with van der Waals surface area (Å²) >= 11 is 0.194. The molecule has 2 aromatic carbocycles. The van der Waals surface area contributed by atoms with Crippen LogP contribution in [0.15, 0.2) is 70.6 Å². The first-order chi connectivity index (χ1) is 13.5. The number of pyridine rings is 1. The zero-order valence-electron chi connectivity index (χ0n) is 15.9. The third kappa shape index (κ3) is 6.88. The van der Waals surface area contributed by atoms with Crippen LogP contribution in [-0.4, -0.2) is 17.4 Å². The number of hydrogen-bond acceptors (Lipinski definition) is 3. The van der Waals surface area contributed by atoms with Crippen molar-refractivity contribution in [2.24, 2.45) is 9.98 Å². The Kier molecular flexibility index (Phi) is 9.39. The molecule has 0 fully saturated rings. The van der Waals surface area contributed by atoms with Gasteiger partial charge in [0.25, 0.3) is 0 Å². The Labute approximate surface area is 181 Å². The van der Waals surface area contributed by atoms with E-state index in [-0.39, 0.29) is 13.1 Å².